The smallest absolute Gasteiger partial charge is 0.356 e. The van der Waals surface area contributed by atoms with Gasteiger partial charge in [-0.1, -0.05) is 57.2 Å². The summed E-state index contributed by atoms with van der Waals surface area (Å²) in [6, 6.07) is 17.1. The highest BCUT2D eigenvalue weighted by Gasteiger charge is 2.24. The molecule has 2 aromatic carbocycles. The molecule has 0 saturated carbocycles. The molecule has 0 aliphatic carbocycles. The zero-order valence-corrected chi connectivity index (χ0v) is 17.4. The number of nitrogens with zero attached hydrogens (tertiary/aromatic N) is 1. The molecule has 0 unspecified atom stereocenters. The Morgan fingerprint density at radius 1 is 1.00 bits per heavy atom. The number of H-pyrrole nitrogens is 1. The minimum absolute atomic E-state index is 0.105. The van der Waals surface area contributed by atoms with Crippen LogP contribution in [-0.2, 0) is 9.53 Å². The lowest BCUT2D eigenvalue weighted by Crippen LogP contribution is -2.27. The molecule has 1 amide bonds. The van der Waals surface area contributed by atoms with Gasteiger partial charge in [0, 0.05) is 27.3 Å². The summed E-state index contributed by atoms with van der Waals surface area (Å²) in [7, 11) is 1.33. The average Bonchev–Trinajstić information content (AvgIpc) is 3.11. The van der Waals surface area contributed by atoms with Crippen LogP contribution in [0.5, 0.6) is 0 Å². The summed E-state index contributed by atoms with van der Waals surface area (Å²) in [6.07, 6.45) is 0. The van der Waals surface area contributed by atoms with Crippen molar-refractivity contribution >= 4 is 39.4 Å². The lowest BCUT2D eigenvalue weighted by atomic mass is 9.95. The maximum atomic E-state index is 12.6. The maximum Gasteiger partial charge on any atom is 0.356 e. The summed E-state index contributed by atoms with van der Waals surface area (Å²) in [6.45, 7) is 5.57. The third-order valence-electron chi connectivity index (χ3n) is 5.00. The first-order valence-corrected chi connectivity index (χ1v) is 9.70. The van der Waals surface area contributed by atoms with Gasteiger partial charge in [0.05, 0.1) is 24.0 Å². The Labute approximate surface area is 174 Å². The normalized spacial score (nSPS) is 11.6. The number of esters is 1. The summed E-state index contributed by atoms with van der Waals surface area (Å²) >= 11 is 0. The van der Waals surface area contributed by atoms with Crippen molar-refractivity contribution in [3.05, 3.63) is 60.3 Å². The molecule has 0 aliphatic heterocycles. The van der Waals surface area contributed by atoms with E-state index < -0.39 is 11.4 Å². The number of rotatable bonds is 3. The van der Waals surface area contributed by atoms with Crippen LogP contribution in [0.15, 0.2) is 54.6 Å². The number of para-hydroxylation sites is 2. The van der Waals surface area contributed by atoms with Crippen LogP contribution < -0.4 is 5.32 Å². The molecule has 0 bridgehead atoms. The molecule has 0 fully saturated rings. The van der Waals surface area contributed by atoms with Crippen LogP contribution in [0.4, 0.5) is 5.69 Å². The molecule has 152 valence electrons. The molecule has 4 aromatic rings. The Bertz CT molecular complexity index is 1280. The van der Waals surface area contributed by atoms with Crippen LogP contribution in [-0.4, -0.2) is 29.0 Å². The van der Waals surface area contributed by atoms with E-state index in [0.717, 1.165) is 27.4 Å². The van der Waals surface area contributed by atoms with Gasteiger partial charge in [-0.3, -0.25) is 4.79 Å². The Kier molecular flexibility index (Phi) is 4.78. The van der Waals surface area contributed by atoms with E-state index in [1.54, 1.807) is 6.07 Å². The van der Waals surface area contributed by atoms with Gasteiger partial charge in [0.25, 0.3) is 0 Å². The van der Waals surface area contributed by atoms with E-state index in [9.17, 15) is 9.59 Å². The van der Waals surface area contributed by atoms with Gasteiger partial charge in [-0.15, -0.1) is 0 Å². The molecule has 0 atom stereocenters. The zero-order valence-electron chi connectivity index (χ0n) is 17.4. The summed E-state index contributed by atoms with van der Waals surface area (Å²) in [5.41, 5.74) is 3.32. The molecule has 2 aromatic heterocycles. The summed E-state index contributed by atoms with van der Waals surface area (Å²) in [4.78, 5) is 33.0. The molecule has 30 heavy (non-hydrogen) atoms. The van der Waals surface area contributed by atoms with Crippen molar-refractivity contribution in [1.29, 1.82) is 0 Å². The van der Waals surface area contributed by atoms with Crippen molar-refractivity contribution in [2.75, 3.05) is 12.4 Å². The Morgan fingerprint density at radius 3 is 2.43 bits per heavy atom. The first kappa shape index (κ1) is 19.6. The third-order valence-corrected chi connectivity index (χ3v) is 5.00. The van der Waals surface area contributed by atoms with Crippen molar-refractivity contribution in [3.8, 4) is 11.3 Å². The predicted octanol–water partition coefficient (Wildman–Crippen LogP) is 5.15. The number of aromatic nitrogens is 2. The second-order valence-electron chi connectivity index (χ2n) is 8.19. The number of hydrogen-bond donors (Lipinski definition) is 2. The van der Waals surface area contributed by atoms with Crippen LogP contribution >= 0.6 is 0 Å². The second kappa shape index (κ2) is 7.30. The number of fused-ring (bicyclic) bond motifs is 3. The number of aromatic amines is 1. The van der Waals surface area contributed by atoms with Crippen LogP contribution in [0.1, 0.15) is 31.3 Å². The van der Waals surface area contributed by atoms with E-state index in [1.807, 2.05) is 69.3 Å². The van der Waals surface area contributed by atoms with E-state index in [4.69, 9.17) is 4.74 Å². The molecule has 2 heterocycles. The number of methoxy groups -OCH3 is 1. The summed E-state index contributed by atoms with van der Waals surface area (Å²) in [5.74, 6) is -0.619. The summed E-state index contributed by atoms with van der Waals surface area (Å²) < 4.78 is 4.92. The molecule has 6 heteroatoms. The zero-order chi connectivity index (χ0) is 21.5. The van der Waals surface area contributed by atoms with Crippen molar-refractivity contribution < 1.29 is 14.3 Å². The SMILES string of the molecule is COC(=O)c1cc2c([nH]c3ccccc32)c(-c2ccccc2NC(=O)C(C)(C)C)n1. The molecule has 2 N–H and O–H groups in total. The first-order valence-electron chi connectivity index (χ1n) is 9.70. The van der Waals surface area contributed by atoms with Gasteiger partial charge in [0.1, 0.15) is 5.69 Å². The molecular formula is C24H23N3O3. The fourth-order valence-corrected chi connectivity index (χ4v) is 3.36. The number of carbonyl (C=O) groups excluding carboxylic acids is 2. The molecule has 0 radical (unpaired) electrons. The number of ether oxygens (including phenoxy) is 1. The molecule has 6 nitrogen and oxygen atoms in total. The highest BCUT2D eigenvalue weighted by Crippen LogP contribution is 2.36. The van der Waals surface area contributed by atoms with Crippen LogP contribution in [0.3, 0.4) is 0 Å². The highest BCUT2D eigenvalue weighted by molar-refractivity contribution is 6.14. The topological polar surface area (TPSA) is 84.1 Å². The molecule has 4 rings (SSSR count). The van der Waals surface area contributed by atoms with Gasteiger partial charge in [-0.05, 0) is 18.2 Å². The van der Waals surface area contributed by atoms with Gasteiger partial charge in [-0.2, -0.15) is 0 Å². The van der Waals surface area contributed by atoms with Gasteiger partial charge in [0.2, 0.25) is 5.91 Å². The fraction of sp³-hybridized carbons (Fsp3) is 0.208. The monoisotopic (exact) mass is 401 g/mol. The number of pyridine rings is 1. The average molecular weight is 401 g/mol. The van der Waals surface area contributed by atoms with Crippen molar-refractivity contribution in [1.82, 2.24) is 9.97 Å². The lowest BCUT2D eigenvalue weighted by molar-refractivity contribution is -0.123. The summed E-state index contributed by atoms with van der Waals surface area (Å²) in [5, 5.41) is 4.85. The Morgan fingerprint density at radius 2 is 1.70 bits per heavy atom. The predicted molar refractivity (Wildman–Crippen MR) is 118 cm³/mol. The van der Waals surface area contributed by atoms with Gasteiger partial charge < -0.3 is 15.0 Å². The van der Waals surface area contributed by atoms with Crippen molar-refractivity contribution in [2.45, 2.75) is 20.8 Å². The van der Waals surface area contributed by atoms with Crippen LogP contribution in [0, 0.1) is 5.41 Å². The minimum atomic E-state index is -0.551. The fourth-order valence-electron chi connectivity index (χ4n) is 3.36. The van der Waals surface area contributed by atoms with E-state index >= 15 is 0 Å². The minimum Gasteiger partial charge on any atom is -0.464 e. The Hall–Kier alpha value is -3.67. The van der Waals surface area contributed by atoms with E-state index in [-0.39, 0.29) is 11.6 Å². The number of anilines is 1. The molecule has 0 aliphatic rings. The molecule has 0 saturated heterocycles. The highest BCUT2D eigenvalue weighted by atomic mass is 16.5. The van der Waals surface area contributed by atoms with Crippen LogP contribution in [0.2, 0.25) is 0 Å². The standard InChI is InChI=1S/C24H23N3O3/c1-24(2,3)23(29)27-18-12-8-6-10-15(18)20-21-16(13-19(26-20)22(28)30-4)14-9-5-7-11-17(14)25-21/h5-13,25H,1-4H3,(H,27,29). The van der Waals surface area contributed by atoms with Crippen molar-refractivity contribution in [3.63, 3.8) is 0 Å². The number of carbonyl (C=O) groups is 2. The quantitative estimate of drug-likeness (QED) is 0.465. The van der Waals surface area contributed by atoms with E-state index in [1.165, 1.54) is 7.11 Å². The van der Waals surface area contributed by atoms with Crippen LogP contribution in [0.25, 0.3) is 33.1 Å². The number of nitrogens with one attached hydrogen (secondary N) is 2. The largest absolute Gasteiger partial charge is 0.464 e. The van der Waals surface area contributed by atoms with Gasteiger partial charge in [-0.25, -0.2) is 9.78 Å². The molecule has 0 spiro atoms. The lowest BCUT2D eigenvalue weighted by Gasteiger charge is -2.19. The number of benzene rings is 2. The molecular weight excluding hydrogens is 378 g/mol. The second-order valence-corrected chi connectivity index (χ2v) is 8.19. The maximum absolute atomic E-state index is 12.6. The number of hydrogen-bond acceptors (Lipinski definition) is 4. The number of amides is 1. The van der Waals surface area contributed by atoms with E-state index in [0.29, 0.717) is 11.4 Å². The van der Waals surface area contributed by atoms with E-state index in [2.05, 4.69) is 15.3 Å². The van der Waals surface area contributed by atoms with Gasteiger partial charge >= 0.3 is 5.97 Å². The van der Waals surface area contributed by atoms with Crippen molar-refractivity contribution in [2.24, 2.45) is 5.41 Å². The Balaban J connectivity index is 1.99. The third kappa shape index (κ3) is 3.41. The first-order chi connectivity index (χ1) is 14.3. The van der Waals surface area contributed by atoms with Gasteiger partial charge in [0.15, 0.2) is 0 Å².